The lowest BCUT2D eigenvalue weighted by Gasteiger charge is -1.78. The third-order valence-electron chi connectivity index (χ3n) is 0.450. The Labute approximate surface area is 62.6 Å². The van der Waals surface area contributed by atoms with Gasteiger partial charge in [0.2, 0.25) is 0 Å². The van der Waals surface area contributed by atoms with Gasteiger partial charge >= 0.3 is 0 Å². The third-order valence-corrected chi connectivity index (χ3v) is 1.01. The van der Waals surface area contributed by atoms with Gasteiger partial charge in [0.05, 0.1) is 6.21 Å². The lowest BCUT2D eigenvalue weighted by atomic mass is 10.8. The van der Waals surface area contributed by atoms with E-state index in [0.717, 1.165) is 3.72 Å². The van der Waals surface area contributed by atoms with Gasteiger partial charge in [0.15, 0.2) is 0 Å². The van der Waals surface area contributed by atoms with Gasteiger partial charge in [0.1, 0.15) is 3.72 Å². The van der Waals surface area contributed by atoms with E-state index < -0.39 is 0 Å². The SMILES string of the molecule is C=CN=C(I)C=NC. The summed E-state index contributed by atoms with van der Waals surface area (Å²) < 4.78 is 0.847. The number of aliphatic imine (C=N–C) groups is 2. The predicted molar refractivity (Wildman–Crippen MR) is 46.1 cm³/mol. The molecule has 0 amide bonds. The van der Waals surface area contributed by atoms with Crippen LogP contribution in [0, 0.1) is 0 Å². The summed E-state index contributed by atoms with van der Waals surface area (Å²) in [6, 6.07) is 0. The first-order valence-corrected chi connectivity index (χ1v) is 3.15. The number of nitrogens with zero attached hydrogens (tertiary/aromatic N) is 2. The second-order valence-electron chi connectivity index (χ2n) is 1.02. The van der Waals surface area contributed by atoms with Crippen LogP contribution < -0.4 is 0 Å². The summed E-state index contributed by atoms with van der Waals surface area (Å²) in [7, 11) is 1.71. The van der Waals surface area contributed by atoms with Gasteiger partial charge in [-0.15, -0.1) is 0 Å². The molecule has 8 heavy (non-hydrogen) atoms. The van der Waals surface area contributed by atoms with Crippen molar-refractivity contribution in [3.05, 3.63) is 12.8 Å². The van der Waals surface area contributed by atoms with Crippen LogP contribution in [0.5, 0.6) is 0 Å². The molecule has 0 aromatic heterocycles. The van der Waals surface area contributed by atoms with Gasteiger partial charge in [-0.2, -0.15) is 0 Å². The molecule has 0 unspecified atom stereocenters. The molecule has 0 radical (unpaired) electrons. The average Bonchev–Trinajstić information content (AvgIpc) is 1.68. The van der Waals surface area contributed by atoms with Crippen molar-refractivity contribution in [3.63, 3.8) is 0 Å². The van der Waals surface area contributed by atoms with Gasteiger partial charge in [0, 0.05) is 13.2 Å². The standard InChI is InChI=1S/C5H7IN2/c1-3-8-5(6)4-7-2/h3-4H,1H2,2H3. The quantitative estimate of drug-likeness (QED) is 0.501. The molecule has 0 spiro atoms. The Morgan fingerprint density at radius 1 is 1.75 bits per heavy atom. The summed E-state index contributed by atoms with van der Waals surface area (Å²) in [5.74, 6) is 0. The summed E-state index contributed by atoms with van der Waals surface area (Å²) in [5, 5.41) is 0. The van der Waals surface area contributed by atoms with Crippen molar-refractivity contribution in [2.24, 2.45) is 9.98 Å². The van der Waals surface area contributed by atoms with Crippen LogP contribution in [-0.4, -0.2) is 17.0 Å². The van der Waals surface area contributed by atoms with Crippen LogP contribution in [0.2, 0.25) is 0 Å². The molecule has 0 aliphatic carbocycles. The smallest absolute Gasteiger partial charge is 0.119 e. The molecule has 3 heteroatoms. The molecular formula is C5H7IN2. The van der Waals surface area contributed by atoms with Crippen molar-refractivity contribution >= 4 is 32.5 Å². The van der Waals surface area contributed by atoms with Gasteiger partial charge < -0.3 is 0 Å². The summed E-state index contributed by atoms with van der Waals surface area (Å²) in [6.45, 7) is 3.43. The van der Waals surface area contributed by atoms with Crippen LogP contribution in [-0.2, 0) is 0 Å². The van der Waals surface area contributed by atoms with Crippen molar-refractivity contribution in [1.29, 1.82) is 0 Å². The van der Waals surface area contributed by atoms with Crippen molar-refractivity contribution < 1.29 is 0 Å². The fourth-order valence-electron chi connectivity index (χ4n) is 0.227. The topological polar surface area (TPSA) is 24.7 Å². The van der Waals surface area contributed by atoms with Crippen LogP contribution in [0.1, 0.15) is 0 Å². The minimum atomic E-state index is 0.847. The molecule has 0 rings (SSSR count). The Kier molecular flexibility index (Phi) is 4.84. The van der Waals surface area contributed by atoms with E-state index in [1.54, 1.807) is 13.3 Å². The molecular weight excluding hydrogens is 215 g/mol. The first-order chi connectivity index (χ1) is 3.81. The summed E-state index contributed by atoms with van der Waals surface area (Å²) in [5.41, 5.74) is 0. The van der Waals surface area contributed by atoms with E-state index in [-0.39, 0.29) is 0 Å². The predicted octanol–water partition coefficient (Wildman–Crippen LogP) is 1.66. The van der Waals surface area contributed by atoms with E-state index in [4.69, 9.17) is 0 Å². The molecule has 0 N–H and O–H groups in total. The maximum absolute atomic E-state index is 3.83. The van der Waals surface area contributed by atoms with E-state index >= 15 is 0 Å². The molecule has 0 aromatic carbocycles. The van der Waals surface area contributed by atoms with Crippen molar-refractivity contribution in [2.75, 3.05) is 7.05 Å². The molecule has 0 atom stereocenters. The van der Waals surface area contributed by atoms with E-state index in [0.29, 0.717) is 0 Å². The monoisotopic (exact) mass is 222 g/mol. The maximum atomic E-state index is 3.83. The van der Waals surface area contributed by atoms with E-state index in [2.05, 4.69) is 39.2 Å². The third kappa shape index (κ3) is 3.98. The van der Waals surface area contributed by atoms with Gasteiger partial charge in [-0.3, -0.25) is 4.99 Å². The number of hydrogen-bond donors (Lipinski definition) is 0. The zero-order valence-electron chi connectivity index (χ0n) is 4.63. The Bertz CT molecular complexity index is 126. The molecule has 0 heterocycles. The lowest BCUT2D eigenvalue weighted by molar-refractivity contribution is 1.48. The Morgan fingerprint density at radius 3 is 2.75 bits per heavy atom. The second kappa shape index (κ2) is 4.96. The van der Waals surface area contributed by atoms with Crippen LogP contribution in [0.25, 0.3) is 0 Å². The number of rotatable bonds is 2. The fourth-order valence-corrected chi connectivity index (χ4v) is 0.703. The van der Waals surface area contributed by atoms with Crippen LogP contribution in [0.15, 0.2) is 22.8 Å². The molecule has 2 nitrogen and oxygen atoms in total. The lowest BCUT2D eigenvalue weighted by Crippen LogP contribution is -1.83. The molecule has 0 saturated heterocycles. The van der Waals surface area contributed by atoms with Crippen molar-refractivity contribution in [2.45, 2.75) is 0 Å². The maximum Gasteiger partial charge on any atom is 0.119 e. The van der Waals surface area contributed by atoms with Crippen molar-refractivity contribution in [3.8, 4) is 0 Å². The first kappa shape index (κ1) is 7.81. The highest BCUT2D eigenvalue weighted by Crippen LogP contribution is 1.86. The summed E-state index contributed by atoms with van der Waals surface area (Å²) >= 11 is 2.07. The van der Waals surface area contributed by atoms with Crippen LogP contribution >= 0.6 is 22.6 Å². The summed E-state index contributed by atoms with van der Waals surface area (Å²) in [4.78, 5) is 7.58. The fraction of sp³-hybridized carbons (Fsp3) is 0.200. The highest BCUT2D eigenvalue weighted by atomic mass is 127. The normalized spacial score (nSPS) is 12.5. The van der Waals surface area contributed by atoms with Gasteiger partial charge in [-0.05, 0) is 22.6 Å². The van der Waals surface area contributed by atoms with Gasteiger partial charge in [0.25, 0.3) is 0 Å². The minimum absolute atomic E-state index is 0.847. The first-order valence-electron chi connectivity index (χ1n) is 2.07. The molecule has 0 fully saturated rings. The van der Waals surface area contributed by atoms with Gasteiger partial charge in [-0.1, -0.05) is 6.58 Å². The largest absolute Gasteiger partial charge is 0.294 e. The summed E-state index contributed by atoms with van der Waals surface area (Å²) in [6.07, 6.45) is 3.16. The Morgan fingerprint density at radius 2 is 2.38 bits per heavy atom. The van der Waals surface area contributed by atoms with Gasteiger partial charge in [-0.25, -0.2) is 4.99 Å². The average molecular weight is 222 g/mol. The molecule has 0 aliphatic rings. The second-order valence-corrected chi connectivity index (χ2v) is 2.13. The highest BCUT2D eigenvalue weighted by molar-refractivity contribution is 14.1. The zero-order valence-corrected chi connectivity index (χ0v) is 6.79. The zero-order chi connectivity index (χ0) is 6.41. The Hall–Kier alpha value is -0.190. The van der Waals surface area contributed by atoms with E-state index in [1.165, 1.54) is 6.20 Å². The molecule has 0 bridgehead atoms. The van der Waals surface area contributed by atoms with Crippen LogP contribution in [0.3, 0.4) is 0 Å². The molecule has 0 aliphatic heterocycles. The highest BCUT2D eigenvalue weighted by Gasteiger charge is 1.77. The number of halogens is 1. The number of hydrogen-bond acceptors (Lipinski definition) is 2. The van der Waals surface area contributed by atoms with Crippen molar-refractivity contribution in [1.82, 2.24) is 0 Å². The van der Waals surface area contributed by atoms with E-state index in [1.807, 2.05) is 0 Å². The Balaban J connectivity index is 3.79. The molecule has 0 aromatic rings. The molecule has 44 valence electrons. The minimum Gasteiger partial charge on any atom is -0.294 e. The van der Waals surface area contributed by atoms with E-state index in [9.17, 15) is 0 Å². The van der Waals surface area contributed by atoms with Crippen LogP contribution in [0.4, 0.5) is 0 Å². The molecule has 0 saturated carbocycles.